The van der Waals surface area contributed by atoms with Gasteiger partial charge in [-0.25, -0.2) is 0 Å². The van der Waals surface area contributed by atoms with Gasteiger partial charge in [-0.3, -0.25) is 0 Å². The molecule has 0 bridgehead atoms. The molecule has 0 atom stereocenters. The maximum Gasteiger partial charge on any atom is 0.0792 e. The highest BCUT2D eigenvalue weighted by molar-refractivity contribution is 6.57. The van der Waals surface area contributed by atoms with Crippen molar-refractivity contribution in [3.63, 3.8) is 0 Å². The van der Waals surface area contributed by atoms with E-state index in [2.05, 4.69) is 94.6 Å². The molecule has 3 rings (SSSR count). The van der Waals surface area contributed by atoms with Gasteiger partial charge in [0.15, 0.2) is 0 Å². The van der Waals surface area contributed by atoms with Crippen LogP contribution < -0.4 is 10.5 Å². The smallest absolute Gasteiger partial charge is 0.0792 e. The van der Waals surface area contributed by atoms with Crippen LogP contribution in [0.5, 0.6) is 0 Å². The van der Waals surface area contributed by atoms with Gasteiger partial charge in [0.1, 0.15) is 0 Å². The first-order valence-electron chi connectivity index (χ1n) is 8.48. The van der Waals surface area contributed by atoms with Crippen LogP contribution in [-0.2, 0) is 0 Å². The molecular weight excluding hydrogens is 282 g/mol. The van der Waals surface area contributed by atoms with Crippen LogP contribution in [0.25, 0.3) is 0 Å². The lowest BCUT2D eigenvalue weighted by Crippen LogP contribution is -2.83. The van der Waals surface area contributed by atoms with Crippen LogP contribution in [0.2, 0.25) is 0 Å². The fourth-order valence-corrected chi connectivity index (χ4v) is 7.97. The molecule has 2 aliphatic carbocycles. The molecule has 2 heteroatoms. The first kappa shape index (κ1) is 15.8. The second kappa shape index (κ2) is 5.21. The Morgan fingerprint density at radius 2 is 1.45 bits per heavy atom. The summed E-state index contributed by atoms with van der Waals surface area (Å²) in [4.78, 5) is 0. The van der Waals surface area contributed by atoms with Crippen molar-refractivity contribution < 1.29 is 0 Å². The van der Waals surface area contributed by atoms with Gasteiger partial charge >= 0.3 is 0 Å². The number of rotatable bonds is 4. The predicted molar refractivity (Wildman–Crippen MR) is 99.3 cm³/mol. The lowest BCUT2D eigenvalue weighted by molar-refractivity contribution is -0.147. The lowest BCUT2D eigenvalue weighted by Gasteiger charge is -2.73. The molecule has 1 saturated carbocycles. The van der Waals surface area contributed by atoms with Gasteiger partial charge in [0.05, 0.1) is 9.52 Å². The molecule has 1 fully saturated rings. The Kier molecular flexibility index (Phi) is 3.73. The largest absolute Gasteiger partial charge is 0.303 e. The van der Waals surface area contributed by atoms with E-state index in [1.165, 1.54) is 0 Å². The van der Waals surface area contributed by atoms with E-state index in [9.17, 15) is 0 Å². The molecule has 118 valence electrons. The highest BCUT2D eigenvalue weighted by Gasteiger charge is 2.69. The van der Waals surface area contributed by atoms with Crippen LogP contribution >= 0.6 is 0 Å². The van der Waals surface area contributed by atoms with Gasteiger partial charge < -0.3 is 5.32 Å². The van der Waals surface area contributed by atoms with E-state index in [4.69, 9.17) is 0 Å². The molecule has 0 saturated heterocycles. The zero-order valence-electron chi connectivity index (χ0n) is 14.6. The molecule has 22 heavy (non-hydrogen) atoms. The Morgan fingerprint density at radius 1 is 0.909 bits per heavy atom. The third-order valence-corrected chi connectivity index (χ3v) is 10.3. The van der Waals surface area contributed by atoms with E-state index in [0.717, 1.165) is 5.92 Å². The van der Waals surface area contributed by atoms with Crippen molar-refractivity contribution in [1.29, 1.82) is 0 Å². The normalized spacial score (nSPS) is 32.7. The minimum atomic E-state index is -0.460. The zero-order chi connectivity index (χ0) is 16.0. The van der Waals surface area contributed by atoms with Gasteiger partial charge in [0.2, 0.25) is 0 Å². The van der Waals surface area contributed by atoms with Gasteiger partial charge in [-0.1, -0.05) is 94.4 Å². The Balaban J connectivity index is 1.98. The Bertz CT molecular complexity index is 569. The van der Waals surface area contributed by atoms with Crippen molar-refractivity contribution >= 4 is 14.7 Å². The van der Waals surface area contributed by atoms with E-state index < -0.39 is 9.52 Å². The van der Waals surface area contributed by atoms with Crippen LogP contribution in [-0.4, -0.2) is 20.7 Å². The second-order valence-corrected chi connectivity index (χ2v) is 10.4. The predicted octanol–water partition coefficient (Wildman–Crippen LogP) is 2.96. The summed E-state index contributed by atoms with van der Waals surface area (Å²) in [7, 11) is -0.460. The number of hydrogen-bond acceptors (Lipinski definition) is 1. The first-order valence-corrected chi connectivity index (χ1v) is 9.89. The first-order chi connectivity index (χ1) is 10.3. The van der Waals surface area contributed by atoms with Crippen LogP contribution in [0.3, 0.4) is 0 Å². The van der Waals surface area contributed by atoms with Crippen LogP contribution in [0.1, 0.15) is 34.6 Å². The molecule has 1 N–H and O–H groups in total. The summed E-state index contributed by atoms with van der Waals surface area (Å²) in [6.07, 6.45) is 8.90. The molecule has 0 radical (unpaired) electrons. The van der Waals surface area contributed by atoms with E-state index in [1.807, 2.05) is 0 Å². The second-order valence-electron chi connectivity index (χ2n) is 8.17. The molecule has 1 aromatic rings. The number of allylic oxidation sites excluding steroid dienone is 2. The summed E-state index contributed by atoms with van der Waals surface area (Å²) in [5.74, 6) is 0.720. The Morgan fingerprint density at radius 3 is 2.00 bits per heavy atom. The average molecular weight is 312 g/mol. The minimum Gasteiger partial charge on any atom is -0.303 e. The topological polar surface area (TPSA) is 12.0 Å². The van der Waals surface area contributed by atoms with E-state index >= 15 is 0 Å². The average Bonchev–Trinajstić information content (AvgIpc) is 2.99. The van der Waals surface area contributed by atoms with Crippen molar-refractivity contribution in [3.05, 3.63) is 54.6 Å². The van der Waals surface area contributed by atoms with Crippen LogP contribution in [0, 0.1) is 16.7 Å². The van der Waals surface area contributed by atoms with Gasteiger partial charge in [0, 0.05) is 11.2 Å². The summed E-state index contributed by atoms with van der Waals surface area (Å²) < 4.78 is 0. The van der Waals surface area contributed by atoms with Gasteiger partial charge in [-0.15, -0.1) is 0 Å². The molecule has 0 heterocycles. The third-order valence-electron chi connectivity index (χ3n) is 6.84. The number of benzene rings is 1. The SMILES string of the molecule is CC1C(C)(C)C(NC2C=CC=C2)([SiH2]c2ccccc2)C1(C)C. The molecular formula is C20H29NSi. The highest BCUT2D eigenvalue weighted by Crippen LogP contribution is 2.65. The van der Waals surface area contributed by atoms with Crippen molar-refractivity contribution in [2.75, 3.05) is 0 Å². The van der Waals surface area contributed by atoms with Crippen molar-refractivity contribution in [1.82, 2.24) is 5.32 Å². The van der Waals surface area contributed by atoms with Crippen LogP contribution in [0.4, 0.5) is 0 Å². The highest BCUT2D eigenvalue weighted by atomic mass is 28.2. The van der Waals surface area contributed by atoms with Gasteiger partial charge in [0.25, 0.3) is 0 Å². The van der Waals surface area contributed by atoms with Crippen molar-refractivity contribution in [2.24, 2.45) is 16.7 Å². The number of hydrogen-bond donors (Lipinski definition) is 1. The summed E-state index contributed by atoms with van der Waals surface area (Å²) in [5.41, 5.74) is 0.645. The molecule has 0 spiro atoms. The maximum atomic E-state index is 4.08. The monoisotopic (exact) mass is 311 g/mol. The summed E-state index contributed by atoms with van der Waals surface area (Å²) in [5, 5.41) is 5.88. The fourth-order valence-electron chi connectivity index (χ4n) is 4.99. The summed E-state index contributed by atoms with van der Waals surface area (Å²) in [6.45, 7) is 12.3. The van der Waals surface area contributed by atoms with E-state index in [1.54, 1.807) is 5.19 Å². The zero-order valence-corrected chi connectivity index (χ0v) is 16.0. The maximum absolute atomic E-state index is 4.08. The Labute approximate surface area is 137 Å². The Hall–Kier alpha value is -1.12. The minimum absolute atomic E-state index is 0.241. The standard InChI is InChI=1S/C20H29NSi/c1-15-18(2,3)20(19(15,4)5,21-16-11-9-10-12-16)22-17-13-7-6-8-14-17/h6-16,21H,22H2,1-5H3. The molecule has 0 aliphatic heterocycles. The quantitative estimate of drug-likeness (QED) is 0.843. The van der Waals surface area contributed by atoms with E-state index in [0.29, 0.717) is 16.9 Å². The molecule has 2 aliphatic rings. The van der Waals surface area contributed by atoms with Crippen molar-refractivity contribution in [3.8, 4) is 0 Å². The molecule has 0 unspecified atom stereocenters. The summed E-state index contributed by atoms with van der Waals surface area (Å²) in [6, 6.07) is 11.5. The molecule has 1 aromatic carbocycles. The van der Waals surface area contributed by atoms with Gasteiger partial charge in [-0.05, 0) is 16.7 Å². The fraction of sp³-hybridized carbons (Fsp3) is 0.500. The molecule has 0 amide bonds. The number of nitrogens with one attached hydrogen (secondary N) is 1. The lowest BCUT2D eigenvalue weighted by atomic mass is 9.44. The molecule has 1 nitrogen and oxygen atoms in total. The third kappa shape index (κ3) is 2.08. The summed E-state index contributed by atoms with van der Waals surface area (Å²) >= 11 is 0. The van der Waals surface area contributed by atoms with Gasteiger partial charge in [-0.2, -0.15) is 0 Å². The van der Waals surface area contributed by atoms with E-state index in [-0.39, 0.29) is 5.16 Å². The molecule has 0 aromatic heterocycles. The van der Waals surface area contributed by atoms with Crippen LogP contribution in [0.15, 0.2) is 54.6 Å². The van der Waals surface area contributed by atoms with Crippen molar-refractivity contribution in [2.45, 2.75) is 45.8 Å².